The Labute approximate surface area is 129 Å². The van der Waals surface area contributed by atoms with Gasteiger partial charge in [0.2, 0.25) is 0 Å². The number of fused-ring (bicyclic) bond motifs is 1. The fourth-order valence-corrected chi connectivity index (χ4v) is 3.71. The second-order valence-corrected chi connectivity index (χ2v) is 7.02. The molecule has 20 heavy (non-hydrogen) atoms. The van der Waals surface area contributed by atoms with Crippen molar-refractivity contribution >= 4 is 15.9 Å². The van der Waals surface area contributed by atoms with Gasteiger partial charge < -0.3 is 10.1 Å². The first-order chi connectivity index (χ1) is 9.63. The third-order valence-electron chi connectivity index (χ3n) is 4.36. The molecule has 1 saturated heterocycles. The summed E-state index contributed by atoms with van der Waals surface area (Å²) >= 11 is 3.61. The predicted octanol–water partition coefficient (Wildman–Crippen LogP) is 2.96. The third-order valence-corrected chi connectivity index (χ3v) is 4.81. The van der Waals surface area contributed by atoms with Gasteiger partial charge in [-0.1, -0.05) is 15.9 Å². The number of likely N-dealkylation sites (tertiary alicyclic amines) is 1. The number of hydrogen-bond donors (Lipinski definition) is 1. The highest BCUT2D eigenvalue weighted by Gasteiger charge is 2.24. The minimum absolute atomic E-state index is 0.605. The topological polar surface area (TPSA) is 24.5 Å². The Bertz CT molecular complexity index is 490. The van der Waals surface area contributed by atoms with Crippen molar-refractivity contribution in [2.75, 3.05) is 19.7 Å². The fraction of sp³-hybridized carbons (Fsp3) is 0.625. The lowest BCUT2D eigenvalue weighted by Crippen LogP contribution is -2.34. The molecule has 4 heteroatoms. The van der Waals surface area contributed by atoms with E-state index in [-0.39, 0.29) is 0 Å². The molecule has 2 aliphatic rings. The van der Waals surface area contributed by atoms with Gasteiger partial charge in [0.05, 0.1) is 6.61 Å². The zero-order valence-electron chi connectivity index (χ0n) is 12.3. The molecule has 0 aromatic heterocycles. The van der Waals surface area contributed by atoms with Crippen molar-refractivity contribution in [2.24, 2.45) is 0 Å². The molecule has 2 heterocycles. The Balaban J connectivity index is 1.62. The van der Waals surface area contributed by atoms with Crippen molar-refractivity contribution in [1.29, 1.82) is 0 Å². The lowest BCUT2D eigenvalue weighted by Gasteiger charge is -2.20. The van der Waals surface area contributed by atoms with Gasteiger partial charge in [0.1, 0.15) is 5.75 Å². The molecular weight excluding hydrogens is 316 g/mol. The van der Waals surface area contributed by atoms with E-state index in [4.69, 9.17) is 4.74 Å². The Morgan fingerprint density at radius 1 is 1.45 bits per heavy atom. The van der Waals surface area contributed by atoms with E-state index in [1.54, 1.807) is 0 Å². The van der Waals surface area contributed by atoms with Gasteiger partial charge in [0.15, 0.2) is 0 Å². The quantitative estimate of drug-likeness (QED) is 0.913. The lowest BCUT2D eigenvalue weighted by atomic mass is 10.1. The number of benzene rings is 1. The first-order valence-electron chi connectivity index (χ1n) is 7.55. The molecule has 1 N–H and O–H groups in total. The molecule has 0 bridgehead atoms. The summed E-state index contributed by atoms with van der Waals surface area (Å²) in [5.74, 6) is 1.11. The lowest BCUT2D eigenvalue weighted by molar-refractivity contribution is 0.268. The Morgan fingerprint density at radius 2 is 2.30 bits per heavy atom. The maximum absolute atomic E-state index is 5.79. The highest BCUT2D eigenvalue weighted by molar-refractivity contribution is 9.10. The first kappa shape index (κ1) is 14.4. The second kappa shape index (κ2) is 6.04. The number of halogens is 1. The smallest absolute Gasteiger partial charge is 0.127 e. The molecule has 1 fully saturated rings. The molecule has 1 unspecified atom stereocenters. The van der Waals surface area contributed by atoms with Crippen LogP contribution in [0.1, 0.15) is 31.4 Å². The molecule has 1 aromatic rings. The van der Waals surface area contributed by atoms with Crippen LogP contribution in [0.3, 0.4) is 0 Å². The molecule has 0 saturated carbocycles. The minimum Gasteiger partial charge on any atom is -0.493 e. The number of rotatable bonds is 4. The van der Waals surface area contributed by atoms with Gasteiger partial charge in [0.25, 0.3) is 0 Å². The summed E-state index contributed by atoms with van der Waals surface area (Å²) in [6.45, 7) is 8.65. The summed E-state index contributed by atoms with van der Waals surface area (Å²) in [6.07, 6.45) is 2.28. The van der Waals surface area contributed by atoms with E-state index in [2.05, 4.69) is 52.1 Å². The molecule has 1 atom stereocenters. The molecule has 2 aliphatic heterocycles. The van der Waals surface area contributed by atoms with Crippen LogP contribution in [0.5, 0.6) is 5.75 Å². The summed E-state index contributed by atoms with van der Waals surface area (Å²) in [5, 5.41) is 3.70. The maximum atomic E-state index is 5.79. The van der Waals surface area contributed by atoms with Crippen LogP contribution in [0.4, 0.5) is 0 Å². The average molecular weight is 339 g/mol. The molecule has 1 aromatic carbocycles. The summed E-state index contributed by atoms with van der Waals surface area (Å²) in [5.41, 5.74) is 2.63. The van der Waals surface area contributed by atoms with Crippen LogP contribution < -0.4 is 10.1 Å². The number of hydrogen-bond acceptors (Lipinski definition) is 3. The van der Waals surface area contributed by atoms with Crippen LogP contribution in [-0.4, -0.2) is 36.7 Å². The Morgan fingerprint density at radius 3 is 3.05 bits per heavy atom. The maximum Gasteiger partial charge on any atom is 0.127 e. The van der Waals surface area contributed by atoms with Crippen LogP contribution in [0.25, 0.3) is 0 Å². The highest BCUT2D eigenvalue weighted by Crippen LogP contribution is 2.33. The summed E-state index contributed by atoms with van der Waals surface area (Å²) in [7, 11) is 0. The van der Waals surface area contributed by atoms with E-state index in [0.717, 1.165) is 36.3 Å². The number of nitrogens with one attached hydrogen (secondary N) is 1. The van der Waals surface area contributed by atoms with Crippen molar-refractivity contribution in [1.82, 2.24) is 10.2 Å². The van der Waals surface area contributed by atoms with E-state index in [0.29, 0.717) is 12.1 Å². The van der Waals surface area contributed by atoms with Crippen LogP contribution in [-0.2, 0) is 13.0 Å². The van der Waals surface area contributed by atoms with Crippen LogP contribution in [0.15, 0.2) is 16.6 Å². The standard InChI is InChI=1S/C16H23BrN2O/c1-11(2)19-5-3-15(10-19)18-9-13-8-14(17)7-12-4-6-20-16(12)13/h7-8,11,15,18H,3-6,9-10H2,1-2H3. The summed E-state index contributed by atoms with van der Waals surface area (Å²) in [6, 6.07) is 5.63. The van der Waals surface area contributed by atoms with Crippen molar-refractivity contribution in [3.8, 4) is 5.75 Å². The van der Waals surface area contributed by atoms with Gasteiger partial charge in [-0.2, -0.15) is 0 Å². The van der Waals surface area contributed by atoms with E-state index >= 15 is 0 Å². The predicted molar refractivity (Wildman–Crippen MR) is 85.3 cm³/mol. The first-order valence-corrected chi connectivity index (χ1v) is 8.34. The van der Waals surface area contributed by atoms with Crippen LogP contribution in [0, 0.1) is 0 Å². The SMILES string of the molecule is CC(C)N1CCC(NCc2cc(Br)cc3c2OCC3)C1. The summed E-state index contributed by atoms with van der Waals surface area (Å²) < 4.78 is 6.95. The Hall–Kier alpha value is -0.580. The molecule has 0 aliphatic carbocycles. The number of nitrogens with zero attached hydrogens (tertiary/aromatic N) is 1. The van der Waals surface area contributed by atoms with Crippen molar-refractivity contribution in [2.45, 2.75) is 45.3 Å². The van der Waals surface area contributed by atoms with E-state index in [1.807, 2.05) is 0 Å². The van der Waals surface area contributed by atoms with E-state index in [9.17, 15) is 0 Å². The molecular formula is C16H23BrN2O. The molecule has 3 rings (SSSR count). The van der Waals surface area contributed by atoms with E-state index in [1.165, 1.54) is 24.1 Å². The minimum atomic E-state index is 0.605. The molecule has 110 valence electrons. The molecule has 0 amide bonds. The largest absolute Gasteiger partial charge is 0.493 e. The number of ether oxygens (including phenoxy) is 1. The zero-order valence-corrected chi connectivity index (χ0v) is 13.9. The van der Waals surface area contributed by atoms with Gasteiger partial charge in [-0.3, -0.25) is 4.90 Å². The molecule has 3 nitrogen and oxygen atoms in total. The zero-order chi connectivity index (χ0) is 14.1. The molecule has 0 radical (unpaired) electrons. The third kappa shape index (κ3) is 3.02. The Kier molecular flexibility index (Phi) is 4.34. The van der Waals surface area contributed by atoms with Crippen LogP contribution in [0.2, 0.25) is 0 Å². The average Bonchev–Trinajstić information content (AvgIpc) is 3.04. The highest BCUT2D eigenvalue weighted by atomic mass is 79.9. The monoisotopic (exact) mass is 338 g/mol. The normalized spacial score (nSPS) is 22.3. The molecule has 0 spiro atoms. The van der Waals surface area contributed by atoms with E-state index < -0.39 is 0 Å². The van der Waals surface area contributed by atoms with Gasteiger partial charge in [-0.25, -0.2) is 0 Å². The van der Waals surface area contributed by atoms with Crippen molar-refractivity contribution < 1.29 is 4.74 Å². The fourth-order valence-electron chi connectivity index (χ4n) is 3.15. The van der Waals surface area contributed by atoms with Gasteiger partial charge in [-0.05, 0) is 44.5 Å². The van der Waals surface area contributed by atoms with Gasteiger partial charge in [0, 0.05) is 41.6 Å². The second-order valence-electron chi connectivity index (χ2n) is 6.11. The van der Waals surface area contributed by atoms with Crippen molar-refractivity contribution in [3.63, 3.8) is 0 Å². The van der Waals surface area contributed by atoms with Crippen LogP contribution >= 0.6 is 15.9 Å². The van der Waals surface area contributed by atoms with Gasteiger partial charge >= 0.3 is 0 Å². The summed E-state index contributed by atoms with van der Waals surface area (Å²) in [4.78, 5) is 2.54. The van der Waals surface area contributed by atoms with Gasteiger partial charge in [-0.15, -0.1) is 0 Å². The van der Waals surface area contributed by atoms with Crippen molar-refractivity contribution in [3.05, 3.63) is 27.7 Å².